The van der Waals surface area contributed by atoms with Crippen LogP contribution in [0, 0.1) is 0 Å². The summed E-state index contributed by atoms with van der Waals surface area (Å²) in [6, 6.07) is 19.8. The van der Waals surface area contributed by atoms with Gasteiger partial charge in [-0.05, 0) is 41.8 Å². The molecule has 0 spiro atoms. The van der Waals surface area contributed by atoms with Gasteiger partial charge in [0.1, 0.15) is 8.07 Å². The molecule has 0 unspecified atom stereocenters. The fourth-order valence-corrected chi connectivity index (χ4v) is 7.02. The van der Waals surface area contributed by atoms with E-state index < -0.39 is 20.0 Å². The van der Waals surface area contributed by atoms with Crippen molar-refractivity contribution in [2.75, 3.05) is 13.2 Å². The molecule has 1 aliphatic heterocycles. The van der Waals surface area contributed by atoms with Crippen molar-refractivity contribution in [3.05, 3.63) is 94.2 Å². The largest absolute Gasteiger partial charge is 0.463 e. The Bertz CT molecular complexity index is 1050. The van der Waals surface area contributed by atoms with Gasteiger partial charge in [0.05, 0.1) is 18.8 Å². The first-order valence-corrected chi connectivity index (χ1v) is 13.5. The molecule has 0 bridgehead atoms. The van der Waals surface area contributed by atoms with Crippen molar-refractivity contribution in [3.8, 4) is 0 Å². The van der Waals surface area contributed by atoms with Gasteiger partial charge in [-0.15, -0.1) is 0 Å². The highest BCUT2D eigenvalue weighted by Gasteiger charge is 2.44. The zero-order valence-corrected chi connectivity index (χ0v) is 19.5. The molecule has 4 nitrogen and oxygen atoms in total. The molecule has 1 heterocycles. The van der Waals surface area contributed by atoms with E-state index >= 15 is 0 Å². The molecule has 0 radical (unpaired) electrons. The molecule has 2 aromatic rings. The molecular weight excluding hydrogens is 404 g/mol. The van der Waals surface area contributed by atoms with Gasteiger partial charge in [0.15, 0.2) is 0 Å². The van der Waals surface area contributed by atoms with Gasteiger partial charge in [-0.1, -0.05) is 79.8 Å². The maximum atomic E-state index is 13.2. The fraction of sp³-hybridized carbons (Fsp3) is 0.231. The average molecular weight is 433 g/mol. The van der Waals surface area contributed by atoms with Crippen LogP contribution in [0.25, 0.3) is 11.3 Å². The molecule has 1 aliphatic rings. The van der Waals surface area contributed by atoms with E-state index in [1.54, 1.807) is 13.8 Å². The summed E-state index contributed by atoms with van der Waals surface area (Å²) in [7, 11) is -2.58. The molecule has 0 atom stereocenters. The second-order valence-electron chi connectivity index (χ2n) is 7.75. The summed E-state index contributed by atoms with van der Waals surface area (Å²) < 4.78 is 10.8. The van der Waals surface area contributed by atoms with E-state index in [1.165, 1.54) is 0 Å². The van der Waals surface area contributed by atoms with Crippen LogP contribution in [-0.2, 0) is 19.1 Å². The molecule has 0 fully saturated rings. The number of carbonyl (C=O) groups is 2. The van der Waals surface area contributed by atoms with Crippen molar-refractivity contribution < 1.29 is 19.1 Å². The van der Waals surface area contributed by atoms with Gasteiger partial charge in [0, 0.05) is 5.20 Å². The van der Waals surface area contributed by atoms with Crippen LogP contribution in [0.3, 0.4) is 0 Å². The van der Waals surface area contributed by atoms with E-state index in [0.29, 0.717) is 16.3 Å². The van der Waals surface area contributed by atoms with Crippen LogP contribution in [0.1, 0.15) is 25.0 Å². The van der Waals surface area contributed by atoms with Crippen LogP contribution < -0.4 is 0 Å². The smallest absolute Gasteiger partial charge is 0.338 e. The Balaban J connectivity index is 2.32. The summed E-state index contributed by atoms with van der Waals surface area (Å²) in [4.78, 5) is 26.3. The lowest BCUT2D eigenvalue weighted by molar-refractivity contribution is -0.141. The van der Waals surface area contributed by atoms with Crippen LogP contribution in [-0.4, -0.2) is 33.2 Å². The Morgan fingerprint density at radius 1 is 0.839 bits per heavy atom. The third kappa shape index (κ3) is 4.77. The Morgan fingerprint density at radius 2 is 1.39 bits per heavy atom. The van der Waals surface area contributed by atoms with Crippen molar-refractivity contribution in [3.63, 3.8) is 0 Å². The standard InChI is InChI=1S/C26H28O4Si/c1-5-29-25(27)23-21(17-19-13-9-7-10-14-19)18-22(20-15-11-8-12-16-20)31(3,4)24(23)26(28)30-6-2/h7-18H,5-6H2,1-4H3/b21-17-. The molecule has 5 heteroatoms. The molecule has 0 N–H and O–H groups in total. The molecule has 160 valence electrons. The van der Waals surface area contributed by atoms with Gasteiger partial charge in [0.25, 0.3) is 0 Å². The number of esters is 2. The molecule has 0 amide bonds. The molecule has 31 heavy (non-hydrogen) atoms. The van der Waals surface area contributed by atoms with Gasteiger partial charge in [-0.25, -0.2) is 9.59 Å². The number of carbonyl (C=O) groups excluding carboxylic acids is 2. The van der Waals surface area contributed by atoms with E-state index in [4.69, 9.17) is 9.47 Å². The second kappa shape index (κ2) is 9.75. The Kier molecular flexibility index (Phi) is 7.08. The summed E-state index contributed by atoms with van der Waals surface area (Å²) in [6.45, 7) is 8.17. The highest BCUT2D eigenvalue weighted by atomic mass is 28.3. The van der Waals surface area contributed by atoms with Gasteiger partial charge in [-0.2, -0.15) is 0 Å². The monoisotopic (exact) mass is 432 g/mol. The van der Waals surface area contributed by atoms with Crippen molar-refractivity contribution in [1.29, 1.82) is 0 Å². The molecule has 3 rings (SSSR count). The summed E-state index contributed by atoms with van der Waals surface area (Å²) in [5, 5.41) is 1.53. The second-order valence-corrected chi connectivity index (χ2v) is 12.0. The topological polar surface area (TPSA) is 52.6 Å². The van der Waals surface area contributed by atoms with Crippen molar-refractivity contribution in [1.82, 2.24) is 0 Å². The van der Waals surface area contributed by atoms with E-state index in [2.05, 4.69) is 13.1 Å². The lowest BCUT2D eigenvalue weighted by Gasteiger charge is -2.34. The predicted molar refractivity (Wildman–Crippen MR) is 127 cm³/mol. The Labute approximate surface area is 184 Å². The molecule has 0 aromatic heterocycles. The summed E-state index contributed by atoms with van der Waals surface area (Å²) in [6.07, 6.45) is 3.97. The quantitative estimate of drug-likeness (QED) is 0.454. The number of ether oxygens (including phenoxy) is 2. The zero-order chi connectivity index (χ0) is 22.4. The van der Waals surface area contributed by atoms with Crippen molar-refractivity contribution >= 4 is 31.3 Å². The minimum Gasteiger partial charge on any atom is -0.463 e. The Hall–Kier alpha value is -3.18. The van der Waals surface area contributed by atoms with Crippen LogP contribution in [0.2, 0.25) is 13.1 Å². The number of benzene rings is 2. The average Bonchev–Trinajstić information content (AvgIpc) is 2.75. The summed E-state index contributed by atoms with van der Waals surface area (Å²) >= 11 is 0. The number of hydrogen-bond acceptors (Lipinski definition) is 4. The first kappa shape index (κ1) is 22.5. The lowest BCUT2D eigenvalue weighted by Crippen LogP contribution is -2.41. The third-order valence-electron chi connectivity index (χ3n) is 5.30. The highest BCUT2D eigenvalue weighted by Crippen LogP contribution is 2.42. The number of hydrogen-bond donors (Lipinski definition) is 0. The van der Waals surface area contributed by atoms with Crippen molar-refractivity contribution in [2.45, 2.75) is 26.9 Å². The number of rotatable bonds is 6. The first-order chi connectivity index (χ1) is 14.9. The van der Waals surface area contributed by atoms with Crippen LogP contribution in [0.4, 0.5) is 0 Å². The summed E-state index contributed by atoms with van der Waals surface area (Å²) in [5.41, 5.74) is 2.97. The SMILES string of the molecule is CCOC(=O)C1=C(C(=O)OCC)[Si](C)(C)C(c2ccccc2)=C/C1=C/c1ccccc1. The van der Waals surface area contributed by atoms with Gasteiger partial charge in [0.2, 0.25) is 0 Å². The van der Waals surface area contributed by atoms with Gasteiger partial charge >= 0.3 is 11.9 Å². The third-order valence-corrected chi connectivity index (χ3v) is 8.79. The lowest BCUT2D eigenvalue weighted by atomic mass is 9.99. The normalized spacial score (nSPS) is 16.6. The van der Waals surface area contributed by atoms with Gasteiger partial charge < -0.3 is 9.47 Å². The molecule has 2 aromatic carbocycles. The molecule has 0 saturated heterocycles. The maximum absolute atomic E-state index is 13.2. The van der Waals surface area contributed by atoms with E-state index in [-0.39, 0.29) is 13.2 Å². The van der Waals surface area contributed by atoms with Crippen molar-refractivity contribution in [2.24, 2.45) is 0 Å². The molecule has 0 aliphatic carbocycles. The maximum Gasteiger partial charge on any atom is 0.338 e. The number of allylic oxidation sites excluding steroid dienone is 1. The minimum absolute atomic E-state index is 0.230. The first-order valence-electron chi connectivity index (χ1n) is 10.5. The summed E-state index contributed by atoms with van der Waals surface area (Å²) in [5.74, 6) is -0.931. The van der Waals surface area contributed by atoms with E-state index in [9.17, 15) is 9.59 Å². The van der Waals surface area contributed by atoms with Crippen LogP contribution >= 0.6 is 0 Å². The highest BCUT2D eigenvalue weighted by molar-refractivity contribution is 7.03. The van der Waals surface area contributed by atoms with Crippen LogP contribution in [0.15, 0.2) is 83.1 Å². The minimum atomic E-state index is -2.58. The molecular formula is C26H28O4Si. The van der Waals surface area contributed by atoms with E-state index in [1.807, 2.05) is 72.8 Å². The van der Waals surface area contributed by atoms with Gasteiger partial charge in [-0.3, -0.25) is 0 Å². The van der Waals surface area contributed by atoms with Crippen LogP contribution in [0.5, 0.6) is 0 Å². The molecule has 0 saturated carbocycles. The zero-order valence-electron chi connectivity index (χ0n) is 18.5. The predicted octanol–water partition coefficient (Wildman–Crippen LogP) is 5.38. The van der Waals surface area contributed by atoms with E-state index in [0.717, 1.165) is 16.3 Å². The Morgan fingerprint density at radius 3 is 1.97 bits per heavy atom. The fourth-order valence-electron chi connectivity index (χ4n) is 3.89.